The number of thiocarbonyl (C=S) groups is 1. The predicted octanol–water partition coefficient (Wildman–Crippen LogP) is 0.892. The summed E-state index contributed by atoms with van der Waals surface area (Å²) in [5.41, 5.74) is -0.272. The molecule has 13 heavy (non-hydrogen) atoms. The molecule has 0 aromatic heterocycles. The monoisotopic (exact) mass is 198 g/mol. The van der Waals surface area contributed by atoms with Gasteiger partial charge in [0.25, 0.3) is 5.91 Å². The topological polar surface area (TPSA) is 32.3 Å². The fourth-order valence-electron chi connectivity index (χ4n) is 1.67. The van der Waals surface area contributed by atoms with Crippen LogP contribution in [0, 0.1) is 5.92 Å². The van der Waals surface area contributed by atoms with E-state index in [0.29, 0.717) is 11.0 Å². The zero-order chi connectivity index (χ0) is 9.64. The van der Waals surface area contributed by atoms with Crippen LogP contribution in [0.25, 0.3) is 0 Å². The van der Waals surface area contributed by atoms with E-state index >= 15 is 0 Å². The molecule has 4 heteroatoms. The van der Waals surface area contributed by atoms with Crippen molar-refractivity contribution < 1.29 is 4.79 Å². The van der Waals surface area contributed by atoms with Gasteiger partial charge in [0.15, 0.2) is 5.11 Å². The fraction of sp³-hybridized carbons (Fsp3) is 0.778. The lowest BCUT2D eigenvalue weighted by atomic mass is 10.2. The van der Waals surface area contributed by atoms with Crippen LogP contribution < -0.4 is 5.32 Å². The minimum Gasteiger partial charge on any atom is -0.348 e. The maximum Gasteiger partial charge on any atom is 0.254 e. The third kappa shape index (κ3) is 1.33. The smallest absolute Gasteiger partial charge is 0.254 e. The third-order valence-electron chi connectivity index (χ3n) is 2.54. The fourth-order valence-corrected chi connectivity index (χ4v) is 2.02. The van der Waals surface area contributed by atoms with Crippen molar-refractivity contribution in [2.75, 3.05) is 6.54 Å². The first-order chi connectivity index (χ1) is 6.05. The molecule has 2 rings (SSSR count). The van der Waals surface area contributed by atoms with Gasteiger partial charge in [0.2, 0.25) is 0 Å². The SMILES string of the molecule is CC(C)CN1C(=O)C2(CC2)NC1=S. The summed E-state index contributed by atoms with van der Waals surface area (Å²) in [5.74, 6) is 0.656. The van der Waals surface area contributed by atoms with Crippen molar-refractivity contribution in [1.82, 2.24) is 10.2 Å². The summed E-state index contributed by atoms with van der Waals surface area (Å²) in [4.78, 5) is 13.5. The van der Waals surface area contributed by atoms with E-state index in [2.05, 4.69) is 19.2 Å². The van der Waals surface area contributed by atoms with Gasteiger partial charge < -0.3 is 5.32 Å². The Labute approximate surface area is 83.5 Å². The van der Waals surface area contributed by atoms with E-state index in [1.54, 1.807) is 4.90 Å². The second-order valence-corrected chi connectivity index (χ2v) is 4.71. The summed E-state index contributed by atoms with van der Waals surface area (Å²) in [6.45, 7) is 4.92. The summed E-state index contributed by atoms with van der Waals surface area (Å²) in [7, 11) is 0. The van der Waals surface area contributed by atoms with Crippen molar-refractivity contribution in [3.63, 3.8) is 0 Å². The van der Waals surface area contributed by atoms with E-state index in [1.807, 2.05) is 0 Å². The Morgan fingerprint density at radius 3 is 2.62 bits per heavy atom. The number of rotatable bonds is 2. The van der Waals surface area contributed by atoms with Gasteiger partial charge in [-0.2, -0.15) is 0 Å². The average molecular weight is 198 g/mol. The Hall–Kier alpha value is -0.640. The van der Waals surface area contributed by atoms with E-state index in [0.717, 1.165) is 19.4 Å². The predicted molar refractivity (Wildman–Crippen MR) is 54.2 cm³/mol. The van der Waals surface area contributed by atoms with Gasteiger partial charge in [0.05, 0.1) is 0 Å². The number of hydrogen-bond donors (Lipinski definition) is 1. The molecular weight excluding hydrogens is 184 g/mol. The lowest BCUT2D eigenvalue weighted by molar-refractivity contribution is -0.128. The number of amides is 1. The summed E-state index contributed by atoms with van der Waals surface area (Å²) in [6.07, 6.45) is 1.89. The average Bonchev–Trinajstić information content (AvgIpc) is 2.75. The largest absolute Gasteiger partial charge is 0.348 e. The van der Waals surface area contributed by atoms with E-state index in [1.165, 1.54) is 0 Å². The molecule has 0 atom stereocenters. The van der Waals surface area contributed by atoms with Gasteiger partial charge in [-0.25, -0.2) is 0 Å². The van der Waals surface area contributed by atoms with E-state index in [4.69, 9.17) is 12.2 Å². The van der Waals surface area contributed by atoms with Gasteiger partial charge in [-0.1, -0.05) is 13.8 Å². The van der Waals surface area contributed by atoms with Gasteiger partial charge in [0.1, 0.15) is 5.54 Å². The summed E-state index contributed by atoms with van der Waals surface area (Å²) in [6, 6.07) is 0. The van der Waals surface area contributed by atoms with E-state index in [-0.39, 0.29) is 11.4 Å². The van der Waals surface area contributed by atoms with Crippen LogP contribution in [0.2, 0.25) is 0 Å². The van der Waals surface area contributed by atoms with Crippen molar-refractivity contribution in [1.29, 1.82) is 0 Å². The molecule has 72 valence electrons. The number of hydrogen-bond acceptors (Lipinski definition) is 2. The normalized spacial score (nSPS) is 24.4. The molecule has 1 N–H and O–H groups in total. The third-order valence-corrected chi connectivity index (χ3v) is 2.87. The Morgan fingerprint density at radius 1 is 1.62 bits per heavy atom. The first-order valence-corrected chi connectivity index (χ1v) is 5.10. The molecule has 1 aliphatic heterocycles. The van der Waals surface area contributed by atoms with Gasteiger partial charge in [-0.15, -0.1) is 0 Å². The van der Waals surface area contributed by atoms with E-state index in [9.17, 15) is 4.79 Å². The summed E-state index contributed by atoms with van der Waals surface area (Å²) < 4.78 is 0. The Bertz CT molecular complexity index is 271. The van der Waals surface area contributed by atoms with Gasteiger partial charge in [-0.3, -0.25) is 9.69 Å². The van der Waals surface area contributed by atoms with Gasteiger partial charge in [-0.05, 0) is 31.0 Å². The van der Waals surface area contributed by atoms with Crippen LogP contribution >= 0.6 is 12.2 Å². The molecule has 0 aromatic carbocycles. The first-order valence-electron chi connectivity index (χ1n) is 4.69. The van der Waals surface area contributed by atoms with Crippen LogP contribution in [-0.4, -0.2) is 28.0 Å². The Morgan fingerprint density at radius 2 is 2.23 bits per heavy atom. The highest BCUT2D eigenvalue weighted by Gasteiger charge is 2.57. The highest BCUT2D eigenvalue weighted by molar-refractivity contribution is 7.80. The van der Waals surface area contributed by atoms with Crippen molar-refractivity contribution in [3.8, 4) is 0 Å². The molecule has 1 aliphatic carbocycles. The zero-order valence-electron chi connectivity index (χ0n) is 7.96. The summed E-state index contributed by atoms with van der Waals surface area (Å²) >= 11 is 5.12. The molecule has 1 saturated heterocycles. The molecule has 2 aliphatic rings. The number of carbonyl (C=O) groups excluding carboxylic acids is 1. The van der Waals surface area contributed by atoms with Gasteiger partial charge >= 0.3 is 0 Å². The number of carbonyl (C=O) groups is 1. The first kappa shape index (κ1) is 8.94. The van der Waals surface area contributed by atoms with E-state index < -0.39 is 0 Å². The molecular formula is C9H14N2OS. The number of nitrogens with one attached hydrogen (secondary N) is 1. The minimum absolute atomic E-state index is 0.186. The molecule has 0 aromatic rings. The van der Waals surface area contributed by atoms with Crippen LogP contribution in [0.4, 0.5) is 0 Å². The molecule has 0 bridgehead atoms. The van der Waals surface area contributed by atoms with Crippen LogP contribution in [0.15, 0.2) is 0 Å². The molecule has 1 amide bonds. The molecule has 1 saturated carbocycles. The lowest BCUT2D eigenvalue weighted by Gasteiger charge is -2.16. The van der Waals surface area contributed by atoms with Crippen LogP contribution in [-0.2, 0) is 4.79 Å². The van der Waals surface area contributed by atoms with Crippen molar-refractivity contribution in [3.05, 3.63) is 0 Å². The van der Waals surface area contributed by atoms with Crippen LogP contribution in [0.5, 0.6) is 0 Å². The maximum absolute atomic E-state index is 11.8. The Kier molecular flexibility index (Phi) is 1.84. The van der Waals surface area contributed by atoms with Crippen molar-refractivity contribution in [2.24, 2.45) is 5.92 Å². The second-order valence-electron chi connectivity index (χ2n) is 4.32. The number of nitrogens with zero attached hydrogens (tertiary/aromatic N) is 1. The highest BCUT2D eigenvalue weighted by Crippen LogP contribution is 2.40. The van der Waals surface area contributed by atoms with Crippen LogP contribution in [0.3, 0.4) is 0 Å². The minimum atomic E-state index is -0.272. The molecule has 1 heterocycles. The maximum atomic E-state index is 11.8. The second kappa shape index (κ2) is 2.67. The molecule has 3 nitrogen and oxygen atoms in total. The zero-order valence-corrected chi connectivity index (χ0v) is 8.78. The van der Waals surface area contributed by atoms with Crippen molar-refractivity contribution >= 4 is 23.2 Å². The molecule has 0 radical (unpaired) electrons. The van der Waals surface area contributed by atoms with Crippen molar-refractivity contribution in [2.45, 2.75) is 32.2 Å². The molecule has 1 spiro atoms. The molecule has 2 fully saturated rings. The standard InChI is InChI=1S/C9H14N2OS/c1-6(2)5-11-7(12)9(3-4-9)10-8(11)13/h6H,3-5H2,1-2H3,(H,10,13). The van der Waals surface area contributed by atoms with Crippen LogP contribution in [0.1, 0.15) is 26.7 Å². The summed E-state index contributed by atoms with van der Waals surface area (Å²) in [5, 5.41) is 3.74. The quantitative estimate of drug-likeness (QED) is 0.669. The Balaban J connectivity index is 2.11. The lowest BCUT2D eigenvalue weighted by Crippen LogP contribution is -2.34. The van der Waals surface area contributed by atoms with Gasteiger partial charge in [0, 0.05) is 6.54 Å². The molecule has 0 unspecified atom stereocenters. The highest BCUT2D eigenvalue weighted by atomic mass is 32.1.